The highest BCUT2D eigenvalue weighted by molar-refractivity contribution is 5.97. The highest BCUT2D eigenvalue weighted by Crippen LogP contribution is 2.33. The number of ketones is 1. The molecule has 32 heavy (non-hydrogen) atoms. The number of rotatable bonds is 15. The summed E-state index contributed by atoms with van der Waals surface area (Å²) in [5.74, 6) is 0.596. The number of carbonyl (C=O) groups excluding carboxylic acids is 2. The van der Waals surface area contributed by atoms with Gasteiger partial charge in [0.15, 0.2) is 5.78 Å². The lowest BCUT2D eigenvalue weighted by atomic mass is 10.0. The Bertz CT molecular complexity index is 856. The first kappa shape index (κ1) is 25.3. The SMILES string of the molecule is CCCc1c(OCCCCCC(=O)NCCCCc2cncnc2)ccc(C(C)=O)c1O. The van der Waals surface area contributed by atoms with Crippen LogP contribution in [0.1, 0.15) is 80.3 Å². The van der Waals surface area contributed by atoms with E-state index in [4.69, 9.17) is 4.74 Å². The van der Waals surface area contributed by atoms with Gasteiger partial charge < -0.3 is 15.2 Å². The number of Topliss-reactive ketones (excluding diaryl/α,β-unsaturated/α-hetero) is 1. The van der Waals surface area contributed by atoms with Gasteiger partial charge in [-0.25, -0.2) is 9.97 Å². The minimum atomic E-state index is -0.157. The van der Waals surface area contributed by atoms with Crippen molar-refractivity contribution < 1.29 is 19.4 Å². The summed E-state index contributed by atoms with van der Waals surface area (Å²) < 4.78 is 5.86. The number of phenols is 1. The third-order valence-electron chi connectivity index (χ3n) is 5.25. The molecule has 0 fully saturated rings. The Hall–Kier alpha value is -2.96. The van der Waals surface area contributed by atoms with Gasteiger partial charge in [0.1, 0.15) is 17.8 Å². The van der Waals surface area contributed by atoms with Gasteiger partial charge >= 0.3 is 0 Å². The Morgan fingerprint density at radius 2 is 1.81 bits per heavy atom. The van der Waals surface area contributed by atoms with Crippen molar-refractivity contribution in [3.05, 3.63) is 47.5 Å². The molecule has 1 aromatic carbocycles. The maximum atomic E-state index is 12.0. The van der Waals surface area contributed by atoms with Crippen LogP contribution in [-0.4, -0.2) is 39.9 Å². The summed E-state index contributed by atoms with van der Waals surface area (Å²) in [5, 5.41) is 13.4. The van der Waals surface area contributed by atoms with Gasteiger partial charge in [-0.1, -0.05) is 13.3 Å². The first-order valence-electron chi connectivity index (χ1n) is 11.5. The predicted molar refractivity (Wildman–Crippen MR) is 124 cm³/mol. The fourth-order valence-electron chi connectivity index (χ4n) is 3.50. The molecule has 2 N–H and O–H groups in total. The first-order valence-corrected chi connectivity index (χ1v) is 11.5. The number of aryl methyl sites for hydroxylation is 1. The smallest absolute Gasteiger partial charge is 0.219 e. The zero-order chi connectivity index (χ0) is 23.2. The Morgan fingerprint density at radius 3 is 2.53 bits per heavy atom. The van der Waals surface area contributed by atoms with Crippen LogP contribution in [0.15, 0.2) is 30.9 Å². The molecule has 0 aliphatic heterocycles. The molecular formula is C25H35N3O4. The van der Waals surface area contributed by atoms with Gasteiger partial charge in [0.2, 0.25) is 5.91 Å². The van der Waals surface area contributed by atoms with Crippen LogP contribution in [0.5, 0.6) is 11.5 Å². The molecule has 0 unspecified atom stereocenters. The summed E-state index contributed by atoms with van der Waals surface area (Å²) in [4.78, 5) is 31.6. The van der Waals surface area contributed by atoms with E-state index in [0.29, 0.717) is 42.9 Å². The number of benzene rings is 1. The molecule has 1 aromatic heterocycles. The van der Waals surface area contributed by atoms with E-state index in [9.17, 15) is 14.7 Å². The van der Waals surface area contributed by atoms with Crippen LogP contribution in [0.2, 0.25) is 0 Å². The molecule has 0 aliphatic rings. The quantitative estimate of drug-likeness (QED) is 0.313. The summed E-state index contributed by atoms with van der Waals surface area (Å²) in [7, 11) is 0. The molecule has 1 heterocycles. The summed E-state index contributed by atoms with van der Waals surface area (Å²) in [6.45, 7) is 4.67. The second-order valence-electron chi connectivity index (χ2n) is 7.96. The lowest BCUT2D eigenvalue weighted by molar-refractivity contribution is -0.121. The van der Waals surface area contributed by atoms with Crippen molar-refractivity contribution >= 4 is 11.7 Å². The normalized spacial score (nSPS) is 10.7. The fraction of sp³-hybridized carbons (Fsp3) is 0.520. The second-order valence-corrected chi connectivity index (χ2v) is 7.96. The minimum Gasteiger partial charge on any atom is -0.507 e. The lowest BCUT2D eigenvalue weighted by Crippen LogP contribution is -2.24. The Kier molecular flexibility index (Phi) is 11.2. The van der Waals surface area contributed by atoms with Gasteiger partial charge in [-0.15, -0.1) is 0 Å². The van der Waals surface area contributed by atoms with Crippen molar-refractivity contribution in [1.29, 1.82) is 0 Å². The van der Waals surface area contributed by atoms with E-state index < -0.39 is 0 Å². The largest absolute Gasteiger partial charge is 0.507 e. The summed E-state index contributed by atoms with van der Waals surface area (Å²) >= 11 is 0. The monoisotopic (exact) mass is 441 g/mol. The highest BCUT2D eigenvalue weighted by atomic mass is 16.5. The Labute approximate surface area is 190 Å². The zero-order valence-corrected chi connectivity index (χ0v) is 19.2. The number of nitrogens with zero attached hydrogens (tertiary/aromatic N) is 2. The van der Waals surface area contributed by atoms with E-state index in [1.165, 1.54) is 13.3 Å². The average molecular weight is 442 g/mol. The van der Waals surface area contributed by atoms with Crippen LogP contribution in [0.4, 0.5) is 0 Å². The number of ether oxygens (including phenoxy) is 1. The van der Waals surface area contributed by atoms with Crippen LogP contribution in [0.3, 0.4) is 0 Å². The van der Waals surface area contributed by atoms with E-state index in [-0.39, 0.29) is 17.4 Å². The lowest BCUT2D eigenvalue weighted by Gasteiger charge is -2.14. The van der Waals surface area contributed by atoms with E-state index in [0.717, 1.165) is 50.5 Å². The second kappa shape index (κ2) is 14.2. The Morgan fingerprint density at radius 1 is 1.03 bits per heavy atom. The summed E-state index contributed by atoms with van der Waals surface area (Å²) in [6, 6.07) is 3.38. The van der Waals surface area contributed by atoms with Crippen molar-refractivity contribution in [3.8, 4) is 11.5 Å². The number of unbranched alkanes of at least 4 members (excludes halogenated alkanes) is 3. The van der Waals surface area contributed by atoms with Crippen LogP contribution in [-0.2, 0) is 17.6 Å². The predicted octanol–water partition coefficient (Wildman–Crippen LogP) is 4.42. The number of amides is 1. The van der Waals surface area contributed by atoms with E-state index in [2.05, 4.69) is 15.3 Å². The van der Waals surface area contributed by atoms with Crippen molar-refractivity contribution in [2.75, 3.05) is 13.2 Å². The fourth-order valence-corrected chi connectivity index (χ4v) is 3.50. The number of aromatic nitrogens is 2. The standard InChI is InChI=1S/C25H35N3O4/c1-3-9-22-23(13-12-21(19(2)29)25(22)31)32-15-8-4-5-11-24(30)28-14-7-6-10-20-16-26-18-27-17-20/h12-13,16-18,31H,3-11,14-15H2,1-2H3,(H,28,30). The maximum absolute atomic E-state index is 12.0. The van der Waals surface area contributed by atoms with Gasteiger partial charge in [-0.2, -0.15) is 0 Å². The van der Waals surface area contributed by atoms with Crippen LogP contribution >= 0.6 is 0 Å². The van der Waals surface area contributed by atoms with E-state index in [1.807, 2.05) is 19.3 Å². The van der Waals surface area contributed by atoms with Crippen molar-refractivity contribution in [2.45, 2.75) is 71.6 Å². The van der Waals surface area contributed by atoms with E-state index >= 15 is 0 Å². The molecule has 7 nitrogen and oxygen atoms in total. The molecule has 0 aliphatic carbocycles. The van der Waals surface area contributed by atoms with E-state index in [1.54, 1.807) is 12.1 Å². The van der Waals surface area contributed by atoms with Crippen molar-refractivity contribution in [2.24, 2.45) is 0 Å². The molecule has 7 heteroatoms. The highest BCUT2D eigenvalue weighted by Gasteiger charge is 2.15. The average Bonchev–Trinajstić information content (AvgIpc) is 2.78. The Balaban J connectivity index is 1.58. The number of carbonyl (C=O) groups is 2. The van der Waals surface area contributed by atoms with Gasteiger partial charge in [0.25, 0.3) is 0 Å². The molecule has 0 spiro atoms. The maximum Gasteiger partial charge on any atom is 0.219 e. The molecule has 2 aromatic rings. The van der Waals surface area contributed by atoms with Crippen LogP contribution < -0.4 is 10.1 Å². The van der Waals surface area contributed by atoms with Gasteiger partial charge in [0.05, 0.1) is 12.2 Å². The number of nitrogens with one attached hydrogen (secondary N) is 1. The molecule has 1 amide bonds. The van der Waals surface area contributed by atoms with Crippen LogP contribution in [0.25, 0.3) is 0 Å². The topological polar surface area (TPSA) is 101 Å². The zero-order valence-electron chi connectivity index (χ0n) is 19.2. The molecular weight excluding hydrogens is 406 g/mol. The third kappa shape index (κ3) is 8.65. The van der Waals surface area contributed by atoms with Crippen molar-refractivity contribution in [1.82, 2.24) is 15.3 Å². The molecule has 2 rings (SSSR count). The van der Waals surface area contributed by atoms with Crippen LogP contribution in [0, 0.1) is 0 Å². The number of aromatic hydroxyl groups is 1. The molecule has 0 atom stereocenters. The van der Waals surface area contributed by atoms with Gasteiger partial charge in [-0.3, -0.25) is 9.59 Å². The molecule has 0 saturated carbocycles. The molecule has 0 saturated heterocycles. The first-order chi connectivity index (χ1) is 15.5. The molecule has 174 valence electrons. The molecule has 0 radical (unpaired) electrons. The minimum absolute atomic E-state index is 0.0330. The number of hydrogen-bond donors (Lipinski definition) is 2. The van der Waals surface area contributed by atoms with Gasteiger partial charge in [-0.05, 0) is 69.6 Å². The number of phenolic OH excluding ortho intramolecular Hbond substituents is 1. The van der Waals surface area contributed by atoms with Gasteiger partial charge in [0, 0.05) is 30.9 Å². The van der Waals surface area contributed by atoms with Crippen molar-refractivity contribution in [3.63, 3.8) is 0 Å². The summed E-state index contributed by atoms with van der Waals surface area (Å²) in [5.41, 5.74) is 2.15. The summed E-state index contributed by atoms with van der Waals surface area (Å²) in [6.07, 6.45) is 12.6. The third-order valence-corrected chi connectivity index (χ3v) is 5.25. The number of hydrogen-bond acceptors (Lipinski definition) is 6. The molecule has 0 bridgehead atoms.